The minimum atomic E-state index is -0.247. The molecule has 1 aromatic carbocycles. The minimum absolute atomic E-state index is 0.00914. The summed E-state index contributed by atoms with van der Waals surface area (Å²) in [5, 5.41) is 4.70. The highest BCUT2D eigenvalue weighted by Gasteiger charge is 2.14. The summed E-state index contributed by atoms with van der Waals surface area (Å²) >= 11 is 2.80. The smallest absolute Gasteiger partial charge is 0.244 e. The molecular weight excluding hydrogens is 422 g/mol. The molecule has 0 saturated heterocycles. The fourth-order valence-electron chi connectivity index (χ4n) is 2.73. The Labute approximate surface area is 182 Å². The maximum absolute atomic E-state index is 12.4. The van der Waals surface area contributed by atoms with E-state index in [0.29, 0.717) is 33.5 Å². The van der Waals surface area contributed by atoms with Gasteiger partial charge in [-0.2, -0.15) is 0 Å². The number of carbonyl (C=O) groups excluding carboxylic acids is 2. The summed E-state index contributed by atoms with van der Waals surface area (Å²) in [5.74, 6) is 1.28. The third-order valence-electron chi connectivity index (χ3n) is 4.18. The summed E-state index contributed by atoms with van der Waals surface area (Å²) in [4.78, 5) is 26.8. The van der Waals surface area contributed by atoms with Crippen molar-refractivity contribution in [1.29, 1.82) is 0 Å². The van der Waals surface area contributed by atoms with E-state index in [9.17, 15) is 9.59 Å². The largest absolute Gasteiger partial charge is 0.493 e. The summed E-state index contributed by atoms with van der Waals surface area (Å²) < 4.78 is 15.9. The number of hydrogen-bond acceptors (Lipinski definition) is 7. The Kier molecular flexibility index (Phi) is 7.26. The zero-order valence-corrected chi connectivity index (χ0v) is 18.4. The van der Waals surface area contributed by atoms with Gasteiger partial charge in [-0.05, 0) is 47.4 Å². The fourth-order valence-corrected chi connectivity index (χ4v) is 4.37. The van der Waals surface area contributed by atoms with Crippen molar-refractivity contribution in [3.8, 4) is 17.2 Å². The van der Waals surface area contributed by atoms with Crippen molar-refractivity contribution >= 4 is 40.4 Å². The van der Waals surface area contributed by atoms with Gasteiger partial charge in [0, 0.05) is 11.0 Å². The van der Waals surface area contributed by atoms with Gasteiger partial charge in [0.25, 0.3) is 0 Å². The first-order valence-electron chi connectivity index (χ1n) is 8.98. The molecule has 0 aliphatic rings. The molecule has 3 rings (SSSR count). The van der Waals surface area contributed by atoms with E-state index in [-0.39, 0.29) is 11.7 Å². The predicted molar refractivity (Wildman–Crippen MR) is 119 cm³/mol. The van der Waals surface area contributed by atoms with Crippen LogP contribution in [0.4, 0.5) is 0 Å². The van der Waals surface area contributed by atoms with Gasteiger partial charge in [0.05, 0.1) is 37.6 Å². The molecule has 156 valence electrons. The second-order valence-corrected chi connectivity index (χ2v) is 8.20. The van der Waals surface area contributed by atoms with Crippen LogP contribution in [0.25, 0.3) is 6.08 Å². The van der Waals surface area contributed by atoms with Crippen LogP contribution in [0, 0.1) is 0 Å². The summed E-state index contributed by atoms with van der Waals surface area (Å²) in [6, 6.07) is 10.8. The lowest BCUT2D eigenvalue weighted by atomic mass is 10.1. The van der Waals surface area contributed by atoms with Gasteiger partial charge in [-0.1, -0.05) is 6.07 Å². The zero-order chi connectivity index (χ0) is 21.5. The Morgan fingerprint density at radius 2 is 1.73 bits per heavy atom. The second kappa shape index (κ2) is 10.1. The van der Waals surface area contributed by atoms with E-state index in [1.807, 2.05) is 23.6 Å². The number of rotatable bonds is 9. The van der Waals surface area contributed by atoms with Crippen molar-refractivity contribution < 1.29 is 23.8 Å². The van der Waals surface area contributed by atoms with Crippen molar-refractivity contribution in [3.63, 3.8) is 0 Å². The van der Waals surface area contributed by atoms with Crippen molar-refractivity contribution in [2.75, 3.05) is 21.3 Å². The minimum Gasteiger partial charge on any atom is -0.493 e. The van der Waals surface area contributed by atoms with Crippen LogP contribution >= 0.6 is 22.7 Å². The highest BCUT2D eigenvalue weighted by molar-refractivity contribution is 7.16. The maximum Gasteiger partial charge on any atom is 0.244 e. The van der Waals surface area contributed by atoms with Crippen LogP contribution in [0.5, 0.6) is 17.2 Å². The van der Waals surface area contributed by atoms with Crippen LogP contribution in [-0.4, -0.2) is 33.0 Å². The number of ketones is 1. The quantitative estimate of drug-likeness (QED) is 0.392. The molecule has 0 spiro atoms. The van der Waals surface area contributed by atoms with E-state index in [2.05, 4.69) is 5.32 Å². The van der Waals surface area contributed by atoms with Gasteiger partial charge >= 0.3 is 0 Å². The topological polar surface area (TPSA) is 73.9 Å². The normalized spacial score (nSPS) is 10.8. The first-order chi connectivity index (χ1) is 14.5. The number of carbonyl (C=O) groups is 2. The lowest BCUT2D eigenvalue weighted by Crippen LogP contribution is -2.19. The Hall–Kier alpha value is -3.10. The van der Waals surface area contributed by atoms with Crippen LogP contribution in [0.1, 0.15) is 25.0 Å². The number of amides is 1. The van der Waals surface area contributed by atoms with Crippen molar-refractivity contribution in [2.24, 2.45) is 0 Å². The van der Waals surface area contributed by atoms with Crippen LogP contribution < -0.4 is 19.5 Å². The van der Waals surface area contributed by atoms with Crippen molar-refractivity contribution in [1.82, 2.24) is 5.32 Å². The molecule has 0 aliphatic heterocycles. The third kappa shape index (κ3) is 5.08. The lowest BCUT2D eigenvalue weighted by Gasteiger charge is -2.12. The third-order valence-corrected chi connectivity index (χ3v) is 6.13. The Morgan fingerprint density at radius 1 is 1.00 bits per heavy atom. The van der Waals surface area contributed by atoms with Crippen LogP contribution in [0.15, 0.2) is 47.9 Å². The van der Waals surface area contributed by atoms with Gasteiger partial charge < -0.3 is 19.5 Å². The molecule has 3 aromatic rings. The first-order valence-corrected chi connectivity index (χ1v) is 10.7. The number of ether oxygens (including phenoxy) is 3. The second-order valence-electron chi connectivity index (χ2n) is 6.08. The zero-order valence-electron chi connectivity index (χ0n) is 16.8. The molecule has 0 aliphatic carbocycles. The Balaban J connectivity index is 1.61. The molecule has 0 bridgehead atoms. The first kappa shape index (κ1) is 21.6. The fraction of sp³-hybridized carbons (Fsp3) is 0.182. The molecule has 30 heavy (non-hydrogen) atoms. The lowest BCUT2D eigenvalue weighted by molar-refractivity contribution is -0.116. The summed E-state index contributed by atoms with van der Waals surface area (Å²) in [6.07, 6.45) is 3.10. The van der Waals surface area contributed by atoms with Gasteiger partial charge in [0.15, 0.2) is 11.5 Å². The molecule has 0 fully saturated rings. The SMILES string of the molecule is COc1cc(/C=C/C(=O)NCc2ccc(C(=O)c3cccs3)s2)cc(OC)c1OC. The molecule has 1 N–H and O–H groups in total. The van der Waals surface area contributed by atoms with E-state index in [4.69, 9.17) is 14.2 Å². The summed E-state index contributed by atoms with van der Waals surface area (Å²) in [5.41, 5.74) is 0.736. The Morgan fingerprint density at radius 3 is 2.33 bits per heavy atom. The van der Waals surface area contributed by atoms with E-state index >= 15 is 0 Å². The van der Waals surface area contributed by atoms with E-state index in [0.717, 1.165) is 10.4 Å². The molecule has 0 unspecified atom stereocenters. The number of methoxy groups -OCH3 is 3. The van der Waals surface area contributed by atoms with E-state index < -0.39 is 0 Å². The average Bonchev–Trinajstić information content (AvgIpc) is 3.47. The van der Waals surface area contributed by atoms with Gasteiger partial charge in [-0.15, -0.1) is 22.7 Å². The maximum atomic E-state index is 12.4. The number of thiophene rings is 2. The predicted octanol–water partition coefficient (Wildman–Crippen LogP) is 4.40. The molecule has 2 heterocycles. The molecule has 0 radical (unpaired) electrons. The molecule has 2 aromatic heterocycles. The molecular formula is C22H21NO5S2. The molecule has 8 heteroatoms. The van der Waals surface area contributed by atoms with Crippen LogP contribution in [0.2, 0.25) is 0 Å². The highest BCUT2D eigenvalue weighted by Crippen LogP contribution is 2.38. The number of nitrogens with one attached hydrogen (secondary N) is 1. The molecule has 6 nitrogen and oxygen atoms in total. The van der Waals surface area contributed by atoms with Gasteiger partial charge in [-0.3, -0.25) is 9.59 Å². The van der Waals surface area contributed by atoms with E-state index in [1.165, 1.54) is 50.1 Å². The molecule has 0 saturated carbocycles. The van der Waals surface area contributed by atoms with Gasteiger partial charge in [0.1, 0.15) is 0 Å². The summed E-state index contributed by atoms with van der Waals surface area (Å²) in [7, 11) is 4.61. The highest BCUT2D eigenvalue weighted by atomic mass is 32.1. The van der Waals surface area contributed by atoms with Gasteiger partial charge in [-0.25, -0.2) is 0 Å². The van der Waals surface area contributed by atoms with E-state index in [1.54, 1.807) is 24.3 Å². The number of hydrogen-bond donors (Lipinski definition) is 1. The van der Waals surface area contributed by atoms with Crippen molar-refractivity contribution in [3.05, 3.63) is 68.0 Å². The van der Waals surface area contributed by atoms with Crippen LogP contribution in [0.3, 0.4) is 0 Å². The molecule has 1 amide bonds. The Bertz CT molecular complexity index is 1030. The number of benzene rings is 1. The van der Waals surface area contributed by atoms with Crippen LogP contribution in [-0.2, 0) is 11.3 Å². The standard InChI is InChI=1S/C22H21NO5S2/c1-26-16-11-14(12-17(27-2)22(16)28-3)6-9-20(24)23-13-15-7-8-19(30-15)21(25)18-5-4-10-29-18/h4-12H,13H2,1-3H3,(H,23,24)/b9-6+. The monoisotopic (exact) mass is 443 g/mol. The summed E-state index contributed by atoms with van der Waals surface area (Å²) in [6.45, 7) is 0.348. The van der Waals surface area contributed by atoms with Gasteiger partial charge in [0.2, 0.25) is 17.4 Å². The van der Waals surface area contributed by atoms with Crippen molar-refractivity contribution in [2.45, 2.75) is 6.54 Å². The average molecular weight is 444 g/mol. The molecule has 0 atom stereocenters.